The third-order valence-corrected chi connectivity index (χ3v) is 2.18. The fourth-order valence-electron chi connectivity index (χ4n) is 1.33. The van der Waals surface area contributed by atoms with Crippen molar-refractivity contribution < 1.29 is 9.18 Å². The van der Waals surface area contributed by atoms with Gasteiger partial charge in [0.05, 0.1) is 6.42 Å². The fraction of sp³-hybridized carbons (Fsp3) is 0.417. The molecule has 1 aromatic rings. The number of nitrogens with two attached hydrogens (primary N) is 1. The highest BCUT2D eigenvalue weighted by Gasteiger charge is 2.04. The number of nitrogens with one attached hydrogen (secondary N) is 1. The molecule has 0 saturated heterocycles. The second-order valence-electron chi connectivity index (χ2n) is 3.92. The summed E-state index contributed by atoms with van der Waals surface area (Å²) in [4.78, 5) is 11.4. The van der Waals surface area contributed by atoms with E-state index in [4.69, 9.17) is 5.73 Å². The molecular formula is C12H17FN2O. The summed E-state index contributed by atoms with van der Waals surface area (Å²) >= 11 is 0. The van der Waals surface area contributed by atoms with Crippen molar-refractivity contribution in [3.63, 3.8) is 0 Å². The number of hydrogen-bond donors (Lipinski definition) is 2. The van der Waals surface area contributed by atoms with Crippen LogP contribution in [0.5, 0.6) is 0 Å². The Morgan fingerprint density at radius 2 is 2.31 bits per heavy atom. The third kappa shape index (κ3) is 4.89. The predicted octanol–water partition coefficient (Wildman–Crippen LogP) is 1.22. The molecule has 0 aliphatic rings. The van der Waals surface area contributed by atoms with Crippen LogP contribution in [0.2, 0.25) is 0 Å². The van der Waals surface area contributed by atoms with Gasteiger partial charge in [-0.05, 0) is 31.0 Å². The Labute approximate surface area is 94.8 Å². The first-order valence-electron chi connectivity index (χ1n) is 5.34. The average molecular weight is 224 g/mol. The maximum Gasteiger partial charge on any atom is 0.224 e. The van der Waals surface area contributed by atoms with Crippen LogP contribution in [-0.4, -0.2) is 18.5 Å². The van der Waals surface area contributed by atoms with E-state index in [1.165, 1.54) is 12.1 Å². The SMILES string of the molecule is CC(N)CCNC(=O)Cc1cccc(F)c1. The van der Waals surface area contributed by atoms with Crippen LogP contribution in [0.1, 0.15) is 18.9 Å². The van der Waals surface area contributed by atoms with Crippen molar-refractivity contribution in [3.05, 3.63) is 35.6 Å². The molecule has 3 N–H and O–H groups in total. The van der Waals surface area contributed by atoms with Gasteiger partial charge >= 0.3 is 0 Å². The molecule has 0 fully saturated rings. The summed E-state index contributed by atoms with van der Waals surface area (Å²) in [5, 5.41) is 2.74. The van der Waals surface area contributed by atoms with Crippen LogP contribution in [0.3, 0.4) is 0 Å². The first-order valence-corrected chi connectivity index (χ1v) is 5.34. The maximum atomic E-state index is 12.8. The van der Waals surface area contributed by atoms with Gasteiger partial charge in [0, 0.05) is 12.6 Å². The largest absolute Gasteiger partial charge is 0.356 e. The zero-order valence-corrected chi connectivity index (χ0v) is 9.37. The van der Waals surface area contributed by atoms with Gasteiger partial charge in [-0.2, -0.15) is 0 Å². The molecule has 1 rings (SSSR count). The average Bonchev–Trinajstić information content (AvgIpc) is 2.16. The summed E-state index contributed by atoms with van der Waals surface area (Å²) < 4.78 is 12.8. The van der Waals surface area contributed by atoms with Crippen molar-refractivity contribution in [1.29, 1.82) is 0 Å². The minimum absolute atomic E-state index is 0.0782. The van der Waals surface area contributed by atoms with Gasteiger partial charge in [0.1, 0.15) is 5.82 Å². The van der Waals surface area contributed by atoms with E-state index in [0.717, 1.165) is 6.42 Å². The Kier molecular flexibility index (Phi) is 4.92. The van der Waals surface area contributed by atoms with Crippen LogP contribution in [0.25, 0.3) is 0 Å². The number of carbonyl (C=O) groups excluding carboxylic acids is 1. The van der Waals surface area contributed by atoms with Gasteiger partial charge in [-0.1, -0.05) is 12.1 Å². The second-order valence-corrected chi connectivity index (χ2v) is 3.92. The number of hydrogen-bond acceptors (Lipinski definition) is 2. The molecule has 4 heteroatoms. The molecule has 1 amide bonds. The summed E-state index contributed by atoms with van der Waals surface area (Å²) in [6, 6.07) is 6.13. The van der Waals surface area contributed by atoms with Crippen molar-refractivity contribution in [3.8, 4) is 0 Å². The van der Waals surface area contributed by atoms with Crippen LogP contribution in [0.15, 0.2) is 24.3 Å². The zero-order chi connectivity index (χ0) is 12.0. The van der Waals surface area contributed by atoms with E-state index in [-0.39, 0.29) is 24.2 Å². The highest BCUT2D eigenvalue weighted by molar-refractivity contribution is 5.78. The Hall–Kier alpha value is -1.42. The summed E-state index contributed by atoms with van der Waals surface area (Å²) in [7, 11) is 0. The van der Waals surface area contributed by atoms with Crippen molar-refractivity contribution in [2.75, 3.05) is 6.54 Å². The zero-order valence-electron chi connectivity index (χ0n) is 9.37. The topological polar surface area (TPSA) is 55.1 Å². The lowest BCUT2D eigenvalue weighted by molar-refractivity contribution is -0.120. The molecule has 88 valence electrons. The summed E-state index contributed by atoms with van der Waals surface area (Å²) in [5.41, 5.74) is 6.23. The Balaban J connectivity index is 2.34. The van der Waals surface area contributed by atoms with Crippen molar-refractivity contribution in [1.82, 2.24) is 5.32 Å². The van der Waals surface area contributed by atoms with E-state index in [1.807, 2.05) is 6.92 Å². The Bertz CT molecular complexity index is 353. The smallest absolute Gasteiger partial charge is 0.224 e. The monoisotopic (exact) mass is 224 g/mol. The molecule has 1 unspecified atom stereocenters. The van der Waals surface area contributed by atoms with E-state index in [0.29, 0.717) is 12.1 Å². The number of carbonyl (C=O) groups is 1. The van der Waals surface area contributed by atoms with E-state index in [9.17, 15) is 9.18 Å². The van der Waals surface area contributed by atoms with Crippen LogP contribution < -0.4 is 11.1 Å². The molecule has 0 radical (unpaired) electrons. The van der Waals surface area contributed by atoms with Crippen molar-refractivity contribution in [2.24, 2.45) is 5.73 Å². The van der Waals surface area contributed by atoms with Crippen LogP contribution >= 0.6 is 0 Å². The molecule has 0 saturated carbocycles. The molecule has 1 aromatic carbocycles. The van der Waals surface area contributed by atoms with Gasteiger partial charge in [0.15, 0.2) is 0 Å². The maximum absolute atomic E-state index is 12.8. The summed E-state index contributed by atoms with van der Waals surface area (Å²) in [6.07, 6.45) is 0.950. The Morgan fingerprint density at radius 3 is 2.94 bits per heavy atom. The lowest BCUT2D eigenvalue weighted by Crippen LogP contribution is -2.30. The lowest BCUT2D eigenvalue weighted by atomic mass is 10.1. The number of halogens is 1. The van der Waals surface area contributed by atoms with Gasteiger partial charge < -0.3 is 11.1 Å². The van der Waals surface area contributed by atoms with E-state index in [2.05, 4.69) is 5.32 Å². The van der Waals surface area contributed by atoms with Gasteiger partial charge in [0.2, 0.25) is 5.91 Å². The minimum Gasteiger partial charge on any atom is -0.356 e. The Morgan fingerprint density at radius 1 is 1.56 bits per heavy atom. The van der Waals surface area contributed by atoms with Crippen LogP contribution in [0.4, 0.5) is 4.39 Å². The molecular weight excluding hydrogens is 207 g/mol. The van der Waals surface area contributed by atoms with E-state index < -0.39 is 0 Å². The van der Waals surface area contributed by atoms with Crippen molar-refractivity contribution in [2.45, 2.75) is 25.8 Å². The molecule has 0 aliphatic heterocycles. The lowest BCUT2D eigenvalue weighted by Gasteiger charge is -2.07. The van der Waals surface area contributed by atoms with Crippen LogP contribution in [-0.2, 0) is 11.2 Å². The summed E-state index contributed by atoms with van der Waals surface area (Å²) in [5.74, 6) is -0.424. The number of rotatable bonds is 5. The predicted molar refractivity (Wildman–Crippen MR) is 61.4 cm³/mol. The van der Waals surface area contributed by atoms with Gasteiger partial charge in [-0.3, -0.25) is 4.79 Å². The van der Waals surface area contributed by atoms with Crippen molar-refractivity contribution >= 4 is 5.91 Å². The standard InChI is InChI=1S/C12H17FN2O/c1-9(14)5-6-15-12(16)8-10-3-2-4-11(13)7-10/h2-4,7,9H,5-6,8,14H2,1H3,(H,15,16). The molecule has 0 aliphatic carbocycles. The molecule has 0 heterocycles. The molecule has 1 atom stereocenters. The first-order chi connectivity index (χ1) is 7.58. The van der Waals surface area contributed by atoms with Gasteiger partial charge in [0.25, 0.3) is 0 Å². The summed E-state index contributed by atoms with van der Waals surface area (Å²) in [6.45, 7) is 2.45. The molecule has 0 spiro atoms. The van der Waals surface area contributed by atoms with E-state index in [1.54, 1.807) is 12.1 Å². The first kappa shape index (κ1) is 12.6. The van der Waals surface area contributed by atoms with Gasteiger partial charge in [-0.25, -0.2) is 4.39 Å². The van der Waals surface area contributed by atoms with E-state index >= 15 is 0 Å². The van der Waals surface area contributed by atoms with Gasteiger partial charge in [-0.15, -0.1) is 0 Å². The molecule has 0 bridgehead atoms. The molecule has 16 heavy (non-hydrogen) atoms. The minimum atomic E-state index is -0.319. The number of benzene rings is 1. The number of amides is 1. The highest BCUT2D eigenvalue weighted by Crippen LogP contribution is 2.03. The quantitative estimate of drug-likeness (QED) is 0.790. The highest BCUT2D eigenvalue weighted by atomic mass is 19.1. The second kappa shape index (κ2) is 6.23. The molecule has 3 nitrogen and oxygen atoms in total. The fourth-order valence-corrected chi connectivity index (χ4v) is 1.33. The molecule has 0 aromatic heterocycles. The third-order valence-electron chi connectivity index (χ3n) is 2.18. The van der Waals surface area contributed by atoms with Crippen LogP contribution in [0, 0.1) is 5.82 Å². The normalized spacial score (nSPS) is 12.2.